The minimum atomic E-state index is -3.71. The third-order valence-corrected chi connectivity index (χ3v) is 5.71. The molecule has 0 aliphatic carbocycles. The van der Waals surface area contributed by atoms with Gasteiger partial charge in [0.15, 0.2) is 12.4 Å². The van der Waals surface area contributed by atoms with Gasteiger partial charge in [-0.1, -0.05) is 23.4 Å². The van der Waals surface area contributed by atoms with Crippen LogP contribution in [0.25, 0.3) is 11.3 Å². The standard InChI is InChI=1S/C21H22N2O6S/c1-14(2)23-30(25,26)17-8-6-7-15(11-17)21(24)28-13-16-12-19(22-29-16)18-9-4-5-10-20(18)27-3/h4-12,14,23H,13H2,1-3H3. The van der Waals surface area contributed by atoms with Crippen LogP contribution in [0.15, 0.2) is 64.0 Å². The number of rotatable bonds is 8. The molecule has 1 heterocycles. The van der Waals surface area contributed by atoms with E-state index < -0.39 is 16.0 Å². The number of sulfonamides is 1. The molecule has 3 rings (SSSR count). The van der Waals surface area contributed by atoms with Crippen molar-refractivity contribution in [1.29, 1.82) is 0 Å². The number of nitrogens with one attached hydrogen (secondary N) is 1. The van der Waals surface area contributed by atoms with Crippen LogP contribution >= 0.6 is 0 Å². The average Bonchev–Trinajstić information content (AvgIpc) is 3.20. The van der Waals surface area contributed by atoms with Gasteiger partial charge in [0.05, 0.1) is 17.6 Å². The zero-order valence-corrected chi connectivity index (χ0v) is 17.6. The predicted octanol–water partition coefficient (Wildman–Crippen LogP) is 3.39. The van der Waals surface area contributed by atoms with E-state index >= 15 is 0 Å². The van der Waals surface area contributed by atoms with Crippen LogP contribution in [0.4, 0.5) is 0 Å². The first-order chi connectivity index (χ1) is 14.3. The highest BCUT2D eigenvalue weighted by molar-refractivity contribution is 7.89. The molecule has 1 aromatic heterocycles. The van der Waals surface area contributed by atoms with Crippen molar-refractivity contribution >= 4 is 16.0 Å². The Morgan fingerprint density at radius 2 is 1.90 bits per heavy atom. The van der Waals surface area contributed by atoms with Crippen molar-refractivity contribution in [2.45, 2.75) is 31.4 Å². The number of ether oxygens (including phenoxy) is 2. The number of esters is 1. The molecule has 0 amide bonds. The number of carbonyl (C=O) groups is 1. The van der Waals surface area contributed by atoms with Crippen molar-refractivity contribution in [1.82, 2.24) is 9.88 Å². The fourth-order valence-electron chi connectivity index (χ4n) is 2.75. The molecular formula is C21H22N2O6S. The fourth-order valence-corrected chi connectivity index (χ4v) is 4.05. The molecule has 3 aromatic rings. The van der Waals surface area contributed by atoms with E-state index in [0.717, 1.165) is 5.56 Å². The van der Waals surface area contributed by atoms with E-state index in [4.69, 9.17) is 14.0 Å². The lowest BCUT2D eigenvalue weighted by atomic mass is 10.1. The monoisotopic (exact) mass is 430 g/mol. The van der Waals surface area contributed by atoms with Crippen LogP contribution in [0, 0.1) is 0 Å². The minimum Gasteiger partial charge on any atom is -0.496 e. The lowest BCUT2D eigenvalue weighted by Crippen LogP contribution is -2.30. The second kappa shape index (κ2) is 9.10. The third-order valence-electron chi connectivity index (χ3n) is 4.06. The number of methoxy groups -OCH3 is 1. The van der Waals surface area contributed by atoms with Gasteiger partial charge < -0.3 is 14.0 Å². The summed E-state index contributed by atoms with van der Waals surface area (Å²) in [6, 6.07) is 14.4. The summed E-state index contributed by atoms with van der Waals surface area (Å²) in [6.45, 7) is 3.28. The fraction of sp³-hybridized carbons (Fsp3) is 0.238. The number of para-hydroxylation sites is 1. The smallest absolute Gasteiger partial charge is 0.338 e. The van der Waals surface area contributed by atoms with Crippen LogP contribution in [0.3, 0.4) is 0 Å². The molecule has 30 heavy (non-hydrogen) atoms. The van der Waals surface area contributed by atoms with Crippen LogP contribution in [0.1, 0.15) is 30.0 Å². The topological polar surface area (TPSA) is 108 Å². The summed E-state index contributed by atoms with van der Waals surface area (Å²) in [5, 5.41) is 3.99. The van der Waals surface area contributed by atoms with Gasteiger partial charge in [-0.15, -0.1) is 0 Å². The van der Waals surface area contributed by atoms with E-state index in [-0.39, 0.29) is 23.1 Å². The molecular weight excluding hydrogens is 408 g/mol. The second-order valence-corrected chi connectivity index (χ2v) is 8.47. The van der Waals surface area contributed by atoms with Gasteiger partial charge in [0.1, 0.15) is 11.4 Å². The van der Waals surface area contributed by atoms with Gasteiger partial charge in [0.25, 0.3) is 0 Å². The Morgan fingerprint density at radius 1 is 1.13 bits per heavy atom. The molecule has 0 spiro atoms. The molecule has 1 N–H and O–H groups in total. The Labute approximate surface area is 174 Å². The SMILES string of the molecule is COc1ccccc1-c1cc(COC(=O)c2cccc(S(=O)(=O)NC(C)C)c2)on1. The summed E-state index contributed by atoms with van der Waals surface area (Å²) in [5.74, 6) is 0.309. The first-order valence-electron chi connectivity index (χ1n) is 9.18. The van der Waals surface area contributed by atoms with Crippen LogP contribution < -0.4 is 9.46 Å². The molecule has 0 atom stereocenters. The van der Waals surface area contributed by atoms with Crippen molar-refractivity contribution in [3.8, 4) is 17.0 Å². The molecule has 0 unspecified atom stereocenters. The maximum absolute atomic E-state index is 12.4. The van der Waals surface area contributed by atoms with Gasteiger partial charge in [-0.05, 0) is 44.2 Å². The Bertz CT molecular complexity index is 1140. The third kappa shape index (κ3) is 5.05. The highest BCUT2D eigenvalue weighted by Crippen LogP contribution is 2.29. The molecule has 0 bridgehead atoms. The van der Waals surface area contributed by atoms with Gasteiger partial charge in [-0.25, -0.2) is 17.9 Å². The van der Waals surface area contributed by atoms with Gasteiger partial charge in [-0.3, -0.25) is 0 Å². The molecule has 158 valence electrons. The lowest BCUT2D eigenvalue weighted by molar-refractivity contribution is 0.0437. The van der Waals surface area contributed by atoms with Crippen molar-refractivity contribution in [2.75, 3.05) is 7.11 Å². The van der Waals surface area contributed by atoms with E-state index in [1.165, 1.54) is 24.3 Å². The van der Waals surface area contributed by atoms with Crippen LogP contribution in [0.5, 0.6) is 5.75 Å². The largest absolute Gasteiger partial charge is 0.496 e. The zero-order valence-electron chi connectivity index (χ0n) is 16.8. The van der Waals surface area contributed by atoms with E-state index in [9.17, 15) is 13.2 Å². The summed E-state index contributed by atoms with van der Waals surface area (Å²) in [6.07, 6.45) is 0. The summed E-state index contributed by atoms with van der Waals surface area (Å²) in [4.78, 5) is 12.4. The van der Waals surface area contributed by atoms with Crippen molar-refractivity contribution in [3.63, 3.8) is 0 Å². The molecule has 8 nitrogen and oxygen atoms in total. The second-order valence-electron chi connectivity index (χ2n) is 6.76. The number of nitrogens with zero attached hydrogens (tertiary/aromatic N) is 1. The first-order valence-corrected chi connectivity index (χ1v) is 10.7. The molecule has 9 heteroatoms. The zero-order chi connectivity index (χ0) is 21.7. The molecule has 0 aliphatic rings. The Kier molecular flexibility index (Phi) is 6.53. The number of hydrogen-bond acceptors (Lipinski definition) is 7. The number of hydrogen-bond donors (Lipinski definition) is 1. The molecule has 0 fully saturated rings. The highest BCUT2D eigenvalue weighted by atomic mass is 32.2. The number of aromatic nitrogens is 1. The van der Waals surface area contributed by atoms with Crippen molar-refractivity contribution < 1.29 is 27.2 Å². The van der Waals surface area contributed by atoms with Crippen LogP contribution in [-0.4, -0.2) is 32.7 Å². The summed E-state index contributed by atoms with van der Waals surface area (Å²) < 4.78 is 42.8. The lowest BCUT2D eigenvalue weighted by Gasteiger charge is -2.10. The van der Waals surface area contributed by atoms with Gasteiger partial charge in [-0.2, -0.15) is 0 Å². The molecule has 0 saturated carbocycles. The summed E-state index contributed by atoms with van der Waals surface area (Å²) in [7, 11) is -2.15. The summed E-state index contributed by atoms with van der Waals surface area (Å²) in [5.41, 5.74) is 1.41. The number of carbonyl (C=O) groups excluding carboxylic acids is 1. The predicted molar refractivity (Wildman–Crippen MR) is 110 cm³/mol. The molecule has 0 radical (unpaired) electrons. The van der Waals surface area contributed by atoms with Gasteiger partial charge in [0, 0.05) is 17.7 Å². The highest BCUT2D eigenvalue weighted by Gasteiger charge is 2.18. The molecule has 0 saturated heterocycles. The van der Waals surface area contributed by atoms with Crippen molar-refractivity contribution in [2.24, 2.45) is 0 Å². The molecule has 2 aromatic carbocycles. The van der Waals surface area contributed by atoms with E-state index in [2.05, 4.69) is 9.88 Å². The average molecular weight is 430 g/mol. The Balaban J connectivity index is 1.70. The van der Waals surface area contributed by atoms with Crippen LogP contribution in [-0.2, 0) is 21.4 Å². The summed E-state index contributed by atoms with van der Waals surface area (Å²) >= 11 is 0. The van der Waals surface area contributed by atoms with E-state index in [1.54, 1.807) is 33.1 Å². The van der Waals surface area contributed by atoms with Crippen LogP contribution in [0.2, 0.25) is 0 Å². The molecule has 0 aliphatic heterocycles. The quantitative estimate of drug-likeness (QED) is 0.546. The van der Waals surface area contributed by atoms with E-state index in [1.807, 2.05) is 18.2 Å². The van der Waals surface area contributed by atoms with Gasteiger partial charge >= 0.3 is 5.97 Å². The minimum absolute atomic E-state index is 0.0104. The Hall–Kier alpha value is -3.17. The maximum atomic E-state index is 12.4. The van der Waals surface area contributed by atoms with E-state index in [0.29, 0.717) is 17.2 Å². The normalized spacial score (nSPS) is 11.5. The first kappa shape index (κ1) is 21.5. The maximum Gasteiger partial charge on any atom is 0.338 e. The van der Waals surface area contributed by atoms with Crippen molar-refractivity contribution in [3.05, 3.63) is 65.9 Å². The van der Waals surface area contributed by atoms with Gasteiger partial charge in [0.2, 0.25) is 10.0 Å². The Morgan fingerprint density at radius 3 is 2.63 bits per heavy atom. The number of benzene rings is 2.